The van der Waals surface area contributed by atoms with Crippen molar-refractivity contribution in [2.45, 2.75) is 6.92 Å². The summed E-state index contributed by atoms with van der Waals surface area (Å²) < 4.78 is 0. The molecule has 6 saturated carbocycles. The summed E-state index contributed by atoms with van der Waals surface area (Å²) in [4.78, 5) is 14.4. The number of nitrogens with zero attached hydrogens (tertiary/aromatic N) is 3. The molecular formula is C10H9N3O. The predicted molar refractivity (Wildman–Crippen MR) is 45.6 cm³/mol. The SMILES string of the molecule is CC12C3C4C1C1C2C3C41C(=O)N=[N+]=[N-]. The maximum atomic E-state index is 11.7. The van der Waals surface area contributed by atoms with Gasteiger partial charge in [0, 0.05) is 10.3 Å². The molecule has 14 heavy (non-hydrogen) atoms. The monoisotopic (exact) mass is 187 g/mol. The topological polar surface area (TPSA) is 65.8 Å². The van der Waals surface area contributed by atoms with E-state index in [1.54, 1.807) is 0 Å². The molecule has 0 aromatic heterocycles. The number of hydrogen-bond acceptors (Lipinski definition) is 1. The van der Waals surface area contributed by atoms with Crippen molar-refractivity contribution in [2.24, 2.45) is 51.5 Å². The van der Waals surface area contributed by atoms with E-state index in [1.807, 2.05) is 0 Å². The highest BCUT2D eigenvalue weighted by molar-refractivity contribution is 5.92. The van der Waals surface area contributed by atoms with Gasteiger partial charge < -0.3 is 0 Å². The fourth-order valence-corrected chi connectivity index (χ4v) is 6.62. The molecule has 0 unspecified atom stereocenters. The number of hydrogen-bond donors (Lipinski definition) is 0. The largest absolute Gasteiger partial charge is 0.292 e. The molecule has 0 aliphatic heterocycles. The Balaban J connectivity index is 1.63. The van der Waals surface area contributed by atoms with Crippen LogP contribution in [0.15, 0.2) is 5.11 Å². The Morgan fingerprint density at radius 1 is 1.21 bits per heavy atom. The zero-order valence-corrected chi connectivity index (χ0v) is 7.71. The molecule has 70 valence electrons. The molecule has 0 aromatic rings. The molecule has 0 bridgehead atoms. The fraction of sp³-hybridized carbons (Fsp3) is 0.900. The lowest BCUT2D eigenvalue weighted by Gasteiger charge is -3.10. The first-order chi connectivity index (χ1) is 6.71. The van der Waals surface area contributed by atoms with Crippen LogP contribution in [0.25, 0.3) is 10.4 Å². The molecule has 6 rings (SSSR count). The molecule has 0 spiro atoms. The standard InChI is InChI=1S/C10H9N3O/c1-9-2-5-3(9)7-4(9)6(2)10(5,7)8(14)12-13-11/h2-7H,1H3. The smallest absolute Gasteiger partial charge is 0.225 e. The molecule has 4 nitrogen and oxygen atoms in total. The Hall–Kier alpha value is -1.02. The Bertz CT molecular complexity index is 422. The highest BCUT2D eigenvalue weighted by Gasteiger charge is 3.09. The van der Waals surface area contributed by atoms with Crippen LogP contribution in [0.1, 0.15) is 6.92 Å². The molecule has 0 atom stereocenters. The third-order valence-corrected chi connectivity index (χ3v) is 6.64. The number of azide groups is 1. The van der Waals surface area contributed by atoms with Gasteiger partial charge in [0.05, 0.1) is 0 Å². The van der Waals surface area contributed by atoms with Crippen molar-refractivity contribution >= 4 is 5.91 Å². The average molecular weight is 187 g/mol. The molecule has 0 radical (unpaired) electrons. The van der Waals surface area contributed by atoms with Gasteiger partial charge in [0.15, 0.2) is 0 Å². The molecule has 6 aliphatic carbocycles. The second-order valence-electron chi connectivity index (χ2n) is 5.95. The summed E-state index contributed by atoms with van der Waals surface area (Å²) >= 11 is 0. The summed E-state index contributed by atoms with van der Waals surface area (Å²) in [5, 5.41) is 3.33. The lowest BCUT2D eigenvalue weighted by molar-refractivity contribution is -0.636. The molecule has 6 fully saturated rings. The molecule has 0 saturated heterocycles. The molecule has 1 amide bonds. The molecule has 6 aliphatic rings. The maximum absolute atomic E-state index is 11.7. The average Bonchev–Trinajstić information content (AvgIpc) is 2.19. The van der Waals surface area contributed by atoms with Crippen LogP contribution in [0.3, 0.4) is 0 Å². The Morgan fingerprint density at radius 3 is 2.14 bits per heavy atom. The van der Waals surface area contributed by atoms with Crippen LogP contribution in [0.5, 0.6) is 0 Å². The van der Waals surface area contributed by atoms with E-state index >= 15 is 0 Å². The summed E-state index contributed by atoms with van der Waals surface area (Å²) in [6.07, 6.45) is 0. The van der Waals surface area contributed by atoms with E-state index in [0.717, 1.165) is 17.8 Å². The van der Waals surface area contributed by atoms with Crippen molar-refractivity contribution < 1.29 is 4.79 Å². The van der Waals surface area contributed by atoms with Gasteiger partial charge in [0.1, 0.15) is 0 Å². The maximum Gasteiger partial charge on any atom is 0.225 e. The van der Waals surface area contributed by atoms with Crippen LogP contribution in [0.2, 0.25) is 0 Å². The highest BCUT2D eigenvalue weighted by atomic mass is 16.2. The Morgan fingerprint density at radius 2 is 1.71 bits per heavy atom. The van der Waals surface area contributed by atoms with E-state index < -0.39 is 0 Å². The summed E-state index contributed by atoms with van der Waals surface area (Å²) in [5.41, 5.74) is 8.83. The zero-order chi connectivity index (χ0) is 9.46. The minimum Gasteiger partial charge on any atom is -0.292 e. The molecular weight excluding hydrogens is 178 g/mol. The predicted octanol–water partition coefficient (Wildman–Crippen LogP) is 1.58. The third-order valence-electron chi connectivity index (χ3n) is 6.64. The lowest BCUT2D eigenvalue weighted by Crippen LogP contribution is -3.10. The van der Waals surface area contributed by atoms with E-state index in [-0.39, 0.29) is 11.3 Å². The number of amides is 1. The quantitative estimate of drug-likeness (QED) is 0.349. The van der Waals surface area contributed by atoms with E-state index in [1.165, 1.54) is 0 Å². The summed E-state index contributed by atoms with van der Waals surface area (Å²) in [5.74, 6) is 4.26. The summed E-state index contributed by atoms with van der Waals surface area (Å²) in [7, 11) is 0. The first kappa shape index (κ1) is 6.46. The van der Waals surface area contributed by atoms with Crippen molar-refractivity contribution in [3.63, 3.8) is 0 Å². The first-order valence-corrected chi connectivity index (χ1v) is 5.31. The van der Waals surface area contributed by atoms with Crippen LogP contribution < -0.4 is 0 Å². The van der Waals surface area contributed by atoms with Gasteiger partial charge in [0.2, 0.25) is 5.91 Å². The molecule has 0 aromatic carbocycles. The van der Waals surface area contributed by atoms with Crippen molar-refractivity contribution in [2.75, 3.05) is 0 Å². The van der Waals surface area contributed by atoms with Crippen molar-refractivity contribution in [3.05, 3.63) is 10.4 Å². The van der Waals surface area contributed by atoms with E-state index in [4.69, 9.17) is 5.53 Å². The number of rotatable bonds is 1. The Kier molecular flexibility index (Phi) is 0.577. The van der Waals surface area contributed by atoms with Crippen LogP contribution in [-0.2, 0) is 4.79 Å². The van der Waals surface area contributed by atoms with E-state index in [2.05, 4.69) is 16.9 Å². The van der Waals surface area contributed by atoms with E-state index in [0.29, 0.717) is 23.2 Å². The van der Waals surface area contributed by atoms with Gasteiger partial charge in [-0.05, 0) is 51.6 Å². The van der Waals surface area contributed by atoms with Gasteiger partial charge >= 0.3 is 0 Å². The normalized spacial score (nSPS) is 76.4. The fourth-order valence-electron chi connectivity index (χ4n) is 6.62. The third kappa shape index (κ3) is 0.237. The van der Waals surface area contributed by atoms with Gasteiger partial charge in [-0.1, -0.05) is 6.92 Å². The van der Waals surface area contributed by atoms with Crippen molar-refractivity contribution in [1.82, 2.24) is 0 Å². The highest BCUT2D eigenvalue weighted by Crippen LogP contribution is 3.10. The van der Waals surface area contributed by atoms with Crippen LogP contribution >= 0.6 is 0 Å². The van der Waals surface area contributed by atoms with E-state index in [9.17, 15) is 4.79 Å². The minimum atomic E-state index is -0.134. The van der Waals surface area contributed by atoms with Gasteiger partial charge in [-0.25, -0.2) is 0 Å². The van der Waals surface area contributed by atoms with Crippen molar-refractivity contribution in [3.8, 4) is 0 Å². The van der Waals surface area contributed by atoms with Gasteiger partial charge in [-0.2, -0.15) is 0 Å². The second kappa shape index (κ2) is 1.25. The minimum absolute atomic E-state index is 0.107. The molecule has 0 N–H and O–H groups in total. The number of carbonyl (C=O) groups excluding carboxylic acids is 1. The van der Waals surface area contributed by atoms with Crippen LogP contribution in [0, 0.1) is 46.3 Å². The van der Waals surface area contributed by atoms with Crippen molar-refractivity contribution in [1.29, 1.82) is 0 Å². The summed E-state index contributed by atoms with van der Waals surface area (Å²) in [6.45, 7) is 2.39. The Labute approximate surface area is 80.3 Å². The molecule has 4 heteroatoms. The first-order valence-electron chi connectivity index (χ1n) is 5.31. The van der Waals surface area contributed by atoms with Crippen LogP contribution in [0.4, 0.5) is 0 Å². The van der Waals surface area contributed by atoms with Gasteiger partial charge in [-0.3, -0.25) is 4.79 Å². The second-order valence-corrected chi connectivity index (χ2v) is 5.95. The van der Waals surface area contributed by atoms with Crippen LogP contribution in [-0.4, -0.2) is 5.91 Å². The molecule has 0 heterocycles. The van der Waals surface area contributed by atoms with Gasteiger partial charge in [-0.15, -0.1) is 0 Å². The van der Waals surface area contributed by atoms with Gasteiger partial charge in [0.25, 0.3) is 0 Å². The number of carbonyl (C=O) groups is 1. The zero-order valence-electron chi connectivity index (χ0n) is 7.71. The summed E-state index contributed by atoms with van der Waals surface area (Å²) in [6, 6.07) is 0. The lowest BCUT2D eigenvalue weighted by atomic mass is 8.92.